The maximum absolute atomic E-state index is 12.7. The summed E-state index contributed by atoms with van der Waals surface area (Å²) in [4.78, 5) is 23.6. The molecule has 1 amide bonds. The highest BCUT2D eigenvalue weighted by atomic mass is 35.5. The standard InChI is InChI=1S/C23H23ClN4O3/c1-30-19-6-3-7-20(15-19)31-23-21(25-10-11-26-23)28-12-8-16(9-13-28)22(29)27-18-5-2-4-17(24)14-18/h2-7,10-11,14-16H,8-9,12-13H2,1H3,(H,27,29). The molecule has 2 heterocycles. The van der Waals surface area contributed by atoms with E-state index in [4.69, 9.17) is 21.1 Å². The number of nitrogens with zero attached hydrogens (tertiary/aromatic N) is 3. The first kappa shape index (κ1) is 20.9. The molecule has 1 aliphatic heterocycles. The van der Waals surface area contributed by atoms with Crippen molar-refractivity contribution in [2.24, 2.45) is 5.92 Å². The van der Waals surface area contributed by atoms with Crippen LogP contribution in [0.15, 0.2) is 60.9 Å². The quantitative estimate of drug-likeness (QED) is 0.596. The number of benzene rings is 2. The fourth-order valence-corrected chi connectivity index (χ4v) is 3.74. The van der Waals surface area contributed by atoms with Gasteiger partial charge in [-0.05, 0) is 43.2 Å². The molecule has 0 saturated carbocycles. The number of aromatic nitrogens is 2. The maximum Gasteiger partial charge on any atom is 0.263 e. The zero-order chi connectivity index (χ0) is 21.6. The molecule has 1 saturated heterocycles. The molecule has 0 unspecified atom stereocenters. The van der Waals surface area contributed by atoms with Crippen molar-refractivity contribution < 1.29 is 14.3 Å². The number of halogens is 1. The van der Waals surface area contributed by atoms with Crippen LogP contribution in [0.25, 0.3) is 0 Å². The highest BCUT2D eigenvalue weighted by molar-refractivity contribution is 6.30. The number of carbonyl (C=O) groups excluding carboxylic acids is 1. The molecule has 0 spiro atoms. The van der Waals surface area contributed by atoms with Crippen LogP contribution in [0.1, 0.15) is 12.8 Å². The van der Waals surface area contributed by atoms with Crippen molar-refractivity contribution in [1.82, 2.24) is 9.97 Å². The van der Waals surface area contributed by atoms with Gasteiger partial charge >= 0.3 is 0 Å². The van der Waals surface area contributed by atoms with Crippen molar-refractivity contribution in [3.63, 3.8) is 0 Å². The molecule has 0 bridgehead atoms. The summed E-state index contributed by atoms with van der Waals surface area (Å²) in [6.07, 6.45) is 4.67. The molecule has 160 valence electrons. The number of anilines is 2. The van der Waals surface area contributed by atoms with Crippen LogP contribution in [0.4, 0.5) is 11.5 Å². The molecule has 8 heteroatoms. The normalized spacial score (nSPS) is 14.2. The van der Waals surface area contributed by atoms with Gasteiger partial charge in [-0.25, -0.2) is 9.97 Å². The third-order valence-electron chi connectivity index (χ3n) is 5.16. The number of carbonyl (C=O) groups is 1. The second-order valence-corrected chi connectivity index (χ2v) is 7.66. The third-order valence-corrected chi connectivity index (χ3v) is 5.39. The van der Waals surface area contributed by atoms with Crippen LogP contribution in [-0.2, 0) is 4.79 Å². The van der Waals surface area contributed by atoms with Gasteiger partial charge in [0.2, 0.25) is 5.91 Å². The largest absolute Gasteiger partial charge is 0.497 e. The highest BCUT2D eigenvalue weighted by Gasteiger charge is 2.27. The number of ether oxygens (including phenoxy) is 2. The van der Waals surface area contributed by atoms with E-state index >= 15 is 0 Å². The van der Waals surface area contributed by atoms with E-state index in [1.165, 1.54) is 0 Å². The number of hydrogen-bond donors (Lipinski definition) is 1. The topological polar surface area (TPSA) is 76.6 Å². The van der Waals surface area contributed by atoms with Gasteiger partial charge in [0, 0.05) is 48.2 Å². The van der Waals surface area contributed by atoms with Crippen LogP contribution in [-0.4, -0.2) is 36.1 Å². The molecule has 0 radical (unpaired) electrons. The lowest BCUT2D eigenvalue weighted by Gasteiger charge is -2.32. The Labute approximate surface area is 186 Å². The van der Waals surface area contributed by atoms with Crippen LogP contribution >= 0.6 is 11.6 Å². The van der Waals surface area contributed by atoms with E-state index < -0.39 is 0 Å². The van der Waals surface area contributed by atoms with Gasteiger partial charge in [-0.3, -0.25) is 4.79 Å². The maximum atomic E-state index is 12.7. The molecule has 0 aliphatic carbocycles. The van der Waals surface area contributed by atoms with Crippen LogP contribution in [0.5, 0.6) is 17.4 Å². The first-order valence-corrected chi connectivity index (χ1v) is 10.4. The summed E-state index contributed by atoms with van der Waals surface area (Å²) in [6.45, 7) is 1.36. The van der Waals surface area contributed by atoms with Gasteiger partial charge in [0.05, 0.1) is 7.11 Å². The lowest BCUT2D eigenvalue weighted by atomic mass is 9.96. The van der Waals surface area contributed by atoms with Crippen molar-refractivity contribution in [3.8, 4) is 17.4 Å². The molecule has 2 aromatic carbocycles. The summed E-state index contributed by atoms with van der Waals surface area (Å²) in [5.41, 5.74) is 0.711. The fourth-order valence-electron chi connectivity index (χ4n) is 3.55. The second-order valence-electron chi connectivity index (χ2n) is 7.23. The molecule has 1 N–H and O–H groups in total. The molecule has 0 atom stereocenters. The Balaban J connectivity index is 1.40. The Morgan fingerprint density at radius 2 is 1.81 bits per heavy atom. The van der Waals surface area contributed by atoms with E-state index in [9.17, 15) is 4.79 Å². The van der Waals surface area contributed by atoms with Crippen molar-refractivity contribution >= 4 is 29.0 Å². The van der Waals surface area contributed by atoms with E-state index in [2.05, 4.69) is 20.2 Å². The van der Waals surface area contributed by atoms with Gasteiger partial charge in [0.1, 0.15) is 11.5 Å². The molecule has 4 rings (SSSR count). The number of methoxy groups -OCH3 is 1. The number of rotatable bonds is 6. The summed E-state index contributed by atoms with van der Waals surface area (Å²) >= 11 is 6.00. The molecule has 3 aromatic rings. The van der Waals surface area contributed by atoms with Crippen molar-refractivity contribution in [2.75, 3.05) is 30.4 Å². The Hall–Kier alpha value is -3.32. The Morgan fingerprint density at radius 3 is 2.58 bits per heavy atom. The van der Waals surface area contributed by atoms with Crippen molar-refractivity contribution in [3.05, 3.63) is 65.9 Å². The lowest BCUT2D eigenvalue weighted by molar-refractivity contribution is -0.120. The minimum Gasteiger partial charge on any atom is -0.497 e. The van der Waals surface area contributed by atoms with Crippen LogP contribution in [0, 0.1) is 5.92 Å². The Morgan fingerprint density at radius 1 is 1.06 bits per heavy atom. The summed E-state index contributed by atoms with van der Waals surface area (Å²) in [5.74, 6) is 2.35. The van der Waals surface area contributed by atoms with Gasteiger partial charge in [-0.1, -0.05) is 23.7 Å². The second kappa shape index (κ2) is 9.66. The highest BCUT2D eigenvalue weighted by Crippen LogP contribution is 2.32. The van der Waals surface area contributed by atoms with Gasteiger partial charge in [0.25, 0.3) is 5.88 Å². The molecule has 7 nitrogen and oxygen atoms in total. The van der Waals surface area contributed by atoms with E-state index in [1.54, 1.807) is 37.7 Å². The average Bonchev–Trinajstić information content (AvgIpc) is 2.80. The molecular weight excluding hydrogens is 416 g/mol. The van der Waals surface area contributed by atoms with Gasteiger partial charge in [-0.2, -0.15) is 0 Å². The van der Waals surface area contributed by atoms with E-state index in [0.29, 0.717) is 59.8 Å². The summed E-state index contributed by atoms with van der Waals surface area (Å²) in [6, 6.07) is 14.5. The van der Waals surface area contributed by atoms with Crippen molar-refractivity contribution in [1.29, 1.82) is 0 Å². The molecular formula is C23H23ClN4O3. The van der Waals surface area contributed by atoms with Crippen LogP contribution in [0.3, 0.4) is 0 Å². The molecule has 1 aliphatic rings. The third kappa shape index (κ3) is 5.24. The Kier molecular flexibility index (Phi) is 6.52. The molecule has 1 fully saturated rings. The van der Waals surface area contributed by atoms with Gasteiger partial charge in [0.15, 0.2) is 5.82 Å². The Bertz CT molecular complexity index is 1050. The smallest absolute Gasteiger partial charge is 0.263 e. The fraction of sp³-hybridized carbons (Fsp3) is 0.261. The number of amides is 1. The summed E-state index contributed by atoms with van der Waals surface area (Å²) < 4.78 is 11.2. The summed E-state index contributed by atoms with van der Waals surface area (Å²) in [7, 11) is 1.61. The summed E-state index contributed by atoms with van der Waals surface area (Å²) in [5, 5.41) is 3.55. The first-order chi connectivity index (χ1) is 15.1. The molecule has 31 heavy (non-hydrogen) atoms. The van der Waals surface area contributed by atoms with Crippen LogP contribution in [0.2, 0.25) is 5.02 Å². The van der Waals surface area contributed by atoms with E-state index in [-0.39, 0.29) is 11.8 Å². The van der Waals surface area contributed by atoms with Gasteiger partial charge < -0.3 is 19.7 Å². The number of piperidine rings is 1. The minimum absolute atomic E-state index is 0.00826. The predicted molar refractivity (Wildman–Crippen MR) is 120 cm³/mol. The van der Waals surface area contributed by atoms with Crippen molar-refractivity contribution in [2.45, 2.75) is 12.8 Å². The predicted octanol–water partition coefficient (Wildman–Crippen LogP) is 4.79. The average molecular weight is 439 g/mol. The first-order valence-electron chi connectivity index (χ1n) is 10.1. The number of nitrogens with one attached hydrogen (secondary N) is 1. The van der Waals surface area contributed by atoms with E-state index in [1.807, 2.05) is 30.3 Å². The van der Waals surface area contributed by atoms with Crippen LogP contribution < -0.4 is 19.7 Å². The monoisotopic (exact) mass is 438 g/mol. The van der Waals surface area contributed by atoms with E-state index in [0.717, 1.165) is 0 Å². The zero-order valence-electron chi connectivity index (χ0n) is 17.1. The number of hydrogen-bond acceptors (Lipinski definition) is 6. The van der Waals surface area contributed by atoms with Gasteiger partial charge in [-0.15, -0.1) is 0 Å². The molecule has 1 aromatic heterocycles. The minimum atomic E-state index is -0.0744. The lowest BCUT2D eigenvalue weighted by Crippen LogP contribution is -2.38. The zero-order valence-corrected chi connectivity index (χ0v) is 17.9. The SMILES string of the molecule is COc1cccc(Oc2nccnc2N2CCC(C(=O)Nc3cccc(Cl)c3)CC2)c1.